The SMILES string of the molecule is CC1(C)CC=C(c2cc(C3(O)CC(C)(C)OC(C)(C)C3)ccc2N)CC1. The Kier molecular flexibility index (Phi) is 4.56. The summed E-state index contributed by atoms with van der Waals surface area (Å²) in [5.74, 6) is 0. The van der Waals surface area contributed by atoms with Crippen LogP contribution in [0, 0.1) is 5.41 Å². The minimum absolute atomic E-state index is 0.364. The van der Waals surface area contributed by atoms with Crippen LogP contribution in [0.25, 0.3) is 5.57 Å². The molecule has 1 heterocycles. The summed E-state index contributed by atoms with van der Waals surface area (Å²) in [5.41, 5.74) is 9.21. The van der Waals surface area contributed by atoms with Crippen LogP contribution in [0.2, 0.25) is 0 Å². The van der Waals surface area contributed by atoms with Crippen molar-refractivity contribution >= 4 is 11.3 Å². The molecule has 1 saturated heterocycles. The van der Waals surface area contributed by atoms with Gasteiger partial charge in [-0.2, -0.15) is 0 Å². The third kappa shape index (κ3) is 3.99. The summed E-state index contributed by atoms with van der Waals surface area (Å²) in [5, 5.41) is 11.6. The van der Waals surface area contributed by atoms with Gasteiger partial charge in [0.2, 0.25) is 0 Å². The molecule has 3 heteroatoms. The van der Waals surface area contributed by atoms with E-state index in [0.29, 0.717) is 18.3 Å². The number of anilines is 1. The van der Waals surface area contributed by atoms with Crippen LogP contribution >= 0.6 is 0 Å². The van der Waals surface area contributed by atoms with Gasteiger partial charge in [0.15, 0.2) is 0 Å². The molecule has 0 bridgehead atoms. The Balaban J connectivity index is 1.98. The monoisotopic (exact) mass is 357 g/mol. The van der Waals surface area contributed by atoms with Crippen molar-refractivity contribution in [2.24, 2.45) is 5.41 Å². The number of allylic oxidation sites excluding steroid dienone is 2. The average Bonchev–Trinajstić information content (AvgIpc) is 2.44. The van der Waals surface area contributed by atoms with Crippen molar-refractivity contribution in [3.63, 3.8) is 0 Å². The number of nitrogen functional groups attached to an aromatic ring is 1. The molecule has 1 aliphatic heterocycles. The lowest BCUT2D eigenvalue weighted by Crippen LogP contribution is -2.52. The minimum Gasteiger partial charge on any atom is -0.398 e. The minimum atomic E-state index is -0.901. The second kappa shape index (κ2) is 6.10. The molecule has 3 N–H and O–H groups in total. The van der Waals surface area contributed by atoms with E-state index in [1.807, 2.05) is 12.1 Å². The van der Waals surface area contributed by atoms with E-state index < -0.39 is 5.60 Å². The van der Waals surface area contributed by atoms with Gasteiger partial charge in [-0.15, -0.1) is 0 Å². The molecule has 1 aromatic rings. The van der Waals surface area contributed by atoms with Gasteiger partial charge in [0, 0.05) is 24.1 Å². The Morgan fingerprint density at radius 3 is 2.15 bits per heavy atom. The lowest BCUT2D eigenvalue weighted by atomic mass is 9.72. The van der Waals surface area contributed by atoms with Gasteiger partial charge in [0.25, 0.3) is 0 Å². The molecule has 3 nitrogen and oxygen atoms in total. The second-order valence-corrected chi connectivity index (χ2v) is 10.4. The molecule has 0 spiro atoms. The summed E-state index contributed by atoms with van der Waals surface area (Å²) in [6.07, 6.45) is 6.78. The van der Waals surface area contributed by atoms with Gasteiger partial charge in [0.1, 0.15) is 0 Å². The fourth-order valence-electron chi connectivity index (χ4n) is 4.94. The Labute approximate surface area is 158 Å². The van der Waals surface area contributed by atoms with Crippen LogP contribution < -0.4 is 5.73 Å². The van der Waals surface area contributed by atoms with Crippen LogP contribution in [-0.2, 0) is 10.3 Å². The van der Waals surface area contributed by atoms with Crippen molar-refractivity contribution in [3.8, 4) is 0 Å². The number of nitrogens with two attached hydrogens (primary N) is 1. The van der Waals surface area contributed by atoms with E-state index in [0.717, 1.165) is 29.7 Å². The smallest absolute Gasteiger partial charge is 0.0951 e. The summed E-state index contributed by atoms with van der Waals surface area (Å²) < 4.78 is 6.18. The molecular formula is C23H35NO2. The molecule has 0 atom stereocenters. The molecule has 26 heavy (non-hydrogen) atoms. The van der Waals surface area contributed by atoms with E-state index in [4.69, 9.17) is 10.5 Å². The van der Waals surface area contributed by atoms with Gasteiger partial charge in [0.05, 0.1) is 16.8 Å². The number of aliphatic hydroxyl groups is 1. The van der Waals surface area contributed by atoms with Crippen LogP contribution in [0.5, 0.6) is 0 Å². The molecule has 1 aromatic carbocycles. The van der Waals surface area contributed by atoms with Crippen LogP contribution in [0.15, 0.2) is 24.3 Å². The van der Waals surface area contributed by atoms with Crippen LogP contribution in [0.1, 0.15) is 84.8 Å². The van der Waals surface area contributed by atoms with E-state index in [-0.39, 0.29) is 11.2 Å². The van der Waals surface area contributed by atoms with Crippen LogP contribution in [0.4, 0.5) is 5.69 Å². The lowest BCUT2D eigenvalue weighted by Gasteiger charge is -2.50. The normalized spacial score (nSPS) is 26.2. The first kappa shape index (κ1) is 19.4. The predicted molar refractivity (Wildman–Crippen MR) is 109 cm³/mol. The Hall–Kier alpha value is -1.32. The molecular weight excluding hydrogens is 322 g/mol. The molecule has 1 aliphatic carbocycles. The molecule has 0 saturated carbocycles. The number of hydrogen-bond donors (Lipinski definition) is 2. The maximum atomic E-state index is 11.6. The predicted octanol–water partition coefficient (Wildman–Crippen LogP) is 5.42. The van der Waals surface area contributed by atoms with Gasteiger partial charge in [-0.3, -0.25) is 0 Å². The molecule has 144 valence electrons. The molecule has 3 rings (SSSR count). The Morgan fingerprint density at radius 1 is 1.00 bits per heavy atom. The fraction of sp³-hybridized carbons (Fsp3) is 0.652. The van der Waals surface area contributed by atoms with E-state index in [1.165, 1.54) is 12.0 Å². The maximum Gasteiger partial charge on any atom is 0.0951 e. The molecule has 1 fully saturated rings. The zero-order chi connectivity index (χ0) is 19.4. The first-order valence-electron chi connectivity index (χ1n) is 9.83. The Morgan fingerprint density at radius 2 is 1.62 bits per heavy atom. The highest BCUT2D eigenvalue weighted by atomic mass is 16.5. The largest absolute Gasteiger partial charge is 0.398 e. The lowest BCUT2D eigenvalue weighted by molar-refractivity contribution is -0.223. The summed E-state index contributed by atoms with van der Waals surface area (Å²) in [4.78, 5) is 0. The van der Waals surface area contributed by atoms with Crippen molar-refractivity contribution in [2.75, 3.05) is 5.73 Å². The van der Waals surface area contributed by atoms with Gasteiger partial charge < -0.3 is 15.6 Å². The molecule has 0 unspecified atom stereocenters. The van der Waals surface area contributed by atoms with Gasteiger partial charge in [-0.25, -0.2) is 0 Å². The number of benzene rings is 1. The summed E-state index contributed by atoms with van der Waals surface area (Å²) >= 11 is 0. The molecule has 2 aliphatic rings. The van der Waals surface area contributed by atoms with Crippen molar-refractivity contribution in [3.05, 3.63) is 35.4 Å². The first-order chi connectivity index (χ1) is 11.8. The third-order valence-electron chi connectivity index (χ3n) is 5.90. The van der Waals surface area contributed by atoms with Gasteiger partial charge in [-0.1, -0.05) is 26.0 Å². The highest BCUT2D eigenvalue weighted by Gasteiger charge is 2.48. The summed E-state index contributed by atoms with van der Waals surface area (Å²) in [6, 6.07) is 6.07. The second-order valence-electron chi connectivity index (χ2n) is 10.4. The highest BCUT2D eigenvalue weighted by molar-refractivity contribution is 5.76. The molecule has 0 aromatic heterocycles. The average molecular weight is 358 g/mol. The summed E-state index contributed by atoms with van der Waals surface area (Å²) in [6.45, 7) is 12.9. The number of hydrogen-bond acceptors (Lipinski definition) is 3. The topological polar surface area (TPSA) is 55.5 Å². The molecule has 0 radical (unpaired) electrons. The third-order valence-corrected chi connectivity index (χ3v) is 5.90. The standard InChI is InChI=1S/C23H35NO2/c1-20(2)11-9-16(10-12-20)18-13-17(7-8-19(18)24)23(25)14-21(3,4)26-22(5,6)15-23/h7-9,13,25H,10-12,14-15,24H2,1-6H3. The van der Waals surface area contributed by atoms with Crippen molar-refractivity contribution in [1.29, 1.82) is 0 Å². The zero-order valence-electron chi connectivity index (χ0n) is 17.3. The van der Waals surface area contributed by atoms with E-state index >= 15 is 0 Å². The van der Waals surface area contributed by atoms with Crippen molar-refractivity contribution in [2.45, 2.75) is 90.4 Å². The fourth-order valence-corrected chi connectivity index (χ4v) is 4.94. The van der Waals surface area contributed by atoms with E-state index in [9.17, 15) is 5.11 Å². The summed E-state index contributed by atoms with van der Waals surface area (Å²) in [7, 11) is 0. The van der Waals surface area contributed by atoms with Crippen molar-refractivity contribution in [1.82, 2.24) is 0 Å². The van der Waals surface area contributed by atoms with Crippen LogP contribution in [0.3, 0.4) is 0 Å². The number of rotatable bonds is 2. The van der Waals surface area contributed by atoms with Gasteiger partial charge >= 0.3 is 0 Å². The van der Waals surface area contributed by atoms with E-state index in [1.54, 1.807) is 0 Å². The maximum absolute atomic E-state index is 11.6. The first-order valence-corrected chi connectivity index (χ1v) is 9.83. The van der Waals surface area contributed by atoms with Gasteiger partial charge in [-0.05, 0) is 75.6 Å². The zero-order valence-corrected chi connectivity index (χ0v) is 17.3. The van der Waals surface area contributed by atoms with E-state index in [2.05, 4.69) is 53.7 Å². The molecule has 0 amide bonds. The highest BCUT2D eigenvalue weighted by Crippen LogP contribution is 2.47. The van der Waals surface area contributed by atoms with Crippen LogP contribution in [-0.4, -0.2) is 16.3 Å². The van der Waals surface area contributed by atoms with Crippen molar-refractivity contribution < 1.29 is 9.84 Å². The quantitative estimate of drug-likeness (QED) is 0.695. The number of ether oxygens (including phenoxy) is 1. The Bertz CT molecular complexity index is 712.